The van der Waals surface area contributed by atoms with Crippen LogP contribution in [0, 0.1) is 0 Å². The Morgan fingerprint density at radius 2 is 2.11 bits per heavy atom. The maximum atomic E-state index is 11.7. The SMILES string of the molecule is CCc1ccc(CNC(=O)CN(CC)CCO)s1. The molecule has 1 rings (SSSR count). The van der Waals surface area contributed by atoms with Gasteiger partial charge in [0.05, 0.1) is 19.7 Å². The second-order valence-electron chi connectivity index (χ2n) is 4.09. The summed E-state index contributed by atoms with van der Waals surface area (Å²) < 4.78 is 0. The van der Waals surface area contributed by atoms with Gasteiger partial charge in [-0.3, -0.25) is 9.69 Å². The van der Waals surface area contributed by atoms with E-state index in [4.69, 9.17) is 5.11 Å². The molecule has 102 valence electrons. The molecule has 0 aliphatic rings. The lowest BCUT2D eigenvalue weighted by molar-refractivity contribution is -0.122. The highest BCUT2D eigenvalue weighted by Gasteiger charge is 2.08. The molecule has 1 amide bonds. The first kappa shape index (κ1) is 15.1. The van der Waals surface area contributed by atoms with E-state index in [1.54, 1.807) is 11.3 Å². The molecule has 0 aliphatic carbocycles. The van der Waals surface area contributed by atoms with Crippen LogP contribution >= 0.6 is 11.3 Å². The summed E-state index contributed by atoms with van der Waals surface area (Å²) in [7, 11) is 0. The van der Waals surface area contributed by atoms with Crippen molar-refractivity contribution in [1.82, 2.24) is 10.2 Å². The first-order chi connectivity index (χ1) is 8.69. The third-order valence-corrected chi connectivity index (χ3v) is 3.99. The molecular weight excluding hydrogens is 248 g/mol. The molecule has 1 heterocycles. The maximum absolute atomic E-state index is 11.7. The van der Waals surface area contributed by atoms with Gasteiger partial charge in [0.2, 0.25) is 5.91 Å². The molecule has 2 N–H and O–H groups in total. The van der Waals surface area contributed by atoms with Gasteiger partial charge < -0.3 is 10.4 Å². The average molecular weight is 270 g/mol. The van der Waals surface area contributed by atoms with Crippen LogP contribution in [-0.2, 0) is 17.8 Å². The van der Waals surface area contributed by atoms with Gasteiger partial charge in [-0.1, -0.05) is 13.8 Å². The molecule has 0 saturated carbocycles. The first-order valence-corrected chi connectivity index (χ1v) is 7.18. The summed E-state index contributed by atoms with van der Waals surface area (Å²) in [5, 5.41) is 11.8. The van der Waals surface area contributed by atoms with Gasteiger partial charge in [-0.05, 0) is 25.1 Å². The second kappa shape index (κ2) is 8.24. The van der Waals surface area contributed by atoms with E-state index in [1.165, 1.54) is 9.75 Å². The Hall–Kier alpha value is -0.910. The average Bonchev–Trinajstić information content (AvgIpc) is 2.83. The summed E-state index contributed by atoms with van der Waals surface area (Å²) in [5.74, 6) is 0.0109. The zero-order valence-corrected chi connectivity index (χ0v) is 11.9. The van der Waals surface area contributed by atoms with Crippen LogP contribution in [0.3, 0.4) is 0 Å². The van der Waals surface area contributed by atoms with Crippen molar-refractivity contribution in [3.8, 4) is 0 Å². The van der Waals surface area contributed by atoms with Crippen LogP contribution in [0.4, 0.5) is 0 Å². The van der Waals surface area contributed by atoms with Gasteiger partial charge >= 0.3 is 0 Å². The number of aliphatic hydroxyl groups excluding tert-OH is 1. The molecule has 0 spiro atoms. The number of aliphatic hydroxyl groups is 1. The largest absolute Gasteiger partial charge is 0.395 e. The van der Waals surface area contributed by atoms with Gasteiger partial charge in [0, 0.05) is 16.3 Å². The lowest BCUT2D eigenvalue weighted by Crippen LogP contribution is -2.38. The van der Waals surface area contributed by atoms with E-state index in [-0.39, 0.29) is 12.5 Å². The topological polar surface area (TPSA) is 52.6 Å². The van der Waals surface area contributed by atoms with E-state index in [0.717, 1.165) is 13.0 Å². The molecule has 1 aromatic heterocycles. The molecule has 5 heteroatoms. The number of carbonyl (C=O) groups excluding carboxylic acids is 1. The third kappa shape index (κ3) is 5.16. The van der Waals surface area contributed by atoms with E-state index in [1.807, 2.05) is 11.8 Å². The van der Waals surface area contributed by atoms with Crippen molar-refractivity contribution in [2.75, 3.05) is 26.2 Å². The molecular formula is C13H22N2O2S. The van der Waals surface area contributed by atoms with Crippen molar-refractivity contribution < 1.29 is 9.90 Å². The Morgan fingerprint density at radius 3 is 2.67 bits per heavy atom. The maximum Gasteiger partial charge on any atom is 0.234 e. The van der Waals surface area contributed by atoms with Crippen molar-refractivity contribution in [2.24, 2.45) is 0 Å². The fourth-order valence-corrected chi connectivity index (χ4v) is 2.54. The van der Waals surface area contributed by atoms with Crippen LogP contribution in [0.1, 0.15) is 23.6 Å². The summed E-state index contributed by atoms with van der Waals surface area (Å²) in [5.41, 5.74) is 0. The minimum Gasteiger partial charge on any atom is -0.395 e. The molecule has 0 fully saturated rings. The highest BCUT2D eigenvalue weighted by atomic mass is 32.1. The summed E-state index contributed by atoms with van der Waals surface area (Å²) in [6.07, 6.45) is 1.04. The van der Waals surface area contributed by atoms with Crippen LogP contribution in [0.2, 0.25) is 0 Å². The number of carbonyl (C=O) groups is 1. The standard InChI is InChI=1S/C13H22N2O2S/c1-3-11-5-6-12(18-11)9-14-13(17)10-15(4-2)7-8-16/h5-6,16H,3-4,7-10H2,1-2H3,(H,14,17). The fourth-order valence-electron chi connectivity index (χ4n) is 1.64. The highest BCUT2D eigenvalue weighted by Crippen LogP contribution is 2.16. The first-order valence-electron chi connectivity index (χ1n) is 6.37. The normalized spacial score (nSPS) is 10.9. The van der Waals surface area contributed by atoms with Crippen LogP contribution in [0.25, 0.3) is 0 Å². The lowest BCUT2D eigenvalue weighted by Gasteiger charge is -2.18. The van der Waals surface area contributed by atoms with Gasteiger partial charge in [-0.25, -0.2) is 0 Å². The summed E-state index contributed by atoms with van der Waals surface area (Å²) >= 11 is 1.74. The molecule has 0 aromatic carbocycles. The van der Waals surface area contributed by atoms with Crippen molar-refractivity contribution in [1.29, 1.82) is 0 Å². The predicted molar refractivity (Wildman–Crippen MR) is 74.7 cm³/mol. The molecule has 4 nitrogen and oxygen atoms in total. The number of hydrogen-bond acceptors (Lipinski definition) is 4. The third-order valence-electron chi connectivity index (χ3n) is 2.76. The molecule has 0 unspecified atom stereocenters. The van der Waals surface area contributed by atoms with E-state index in [2.05, 4.69) is 24.4 Å². The molecule has 0 radical (unpaired) electrons. The van der Waals surface area contributed by atoms with Crippen LogP contribution in [0.5, 0.6) is 0 Å². The van der Waals surface area contributed by atoms with Gasteiger partial charge in [0.25, 0.3) is 0 Å². The van der Waals surface area contributed by atoms with Gasteiger partial charge in [-0.15, -0.1) is 11.3 Å². The zero-order valence-electron chi connectivity index (χ0n) is 11.1. The van der Waals surface area contributed by atoms with Crippen molar-refractivity contribution in [3.05, 3.63) is 21.9 Å². The molecule has 18 heavy (non-hydrogen) atoms. The van der Waals surface area contributed by atoms with Gasteiger partial charge in [-0.2, -0.15) is 0 Å². The predicted octanol–water partition coefficient (Wildman–Crippen LogP) is 1.24. The van der Waals surface area contributed by atoms with Crippen LogP contribution < -0.4 is 5.32 Å². The van der Waals surface area contributed by atoms with Gasteiger partial charge in [0.1, 0.15) is 0 Å². The van der Waals surface area contributed by atoms with Crippen molar-refractivity contribution >= 4 is 17.2 Å². The van der Waals surface area contributed by atoms with E-state index in [9.17, 15) is 4.79 Å². The number of nitrogens with one attached hydrogen (secondary N) is 1. The Labute approximate surface area is 113 Å². The Bertz CT molecular complexity index is 366. The highest BCUT2D eigenvalue weighted by molar-refractivity contribution is 7.11. The number of amides is 1. The fraction of sp³-hybridized carbons (Fsp3) is 0.615. The van der Waals surface area contributed by atoms with E-state index >= 15 is 0 Å². The summed E-state index contributed by atoms with van der Waals surface area (Å²) in [6, 6.07) is 4.17. The molecule has 0 saturated heterocycles. The Morgan fingerprint density at radius 1 is 1.39 bits per heavy atom. The second-order valence-corrected chi connectivity index (χ2v) is 5.34. The minimum absolute atomic E-state index is 0.0109. The zero-order chi connectivity index (χ0) is 13.4. The number of aryl methyl sites for hydroxylation is 1. The Balaban J connectivity index is 2.31. The van der Waals surface area contributed by atoms with Crippen molar-refractivity contribution in [3.63, 3.8) is 0 Å². The number of hydrogen-bond donors (Lipinski definition) is 2. The number of nitrogens with zero attached hydrogens (tertiary/aromatic N) is 1. The number of thiophene rings is 1. The number of likely N-dealkylation sites (N-methyl/N-ethyl adjacent to an activating group) is 1. The Kier molecular flexibility index (Phi) is 6.93. The lowest BCUT2D eigenvalue weighted by atomic mass is 10.3. The van der Waals surface area contributed by atoms with Gasteiger partial charge in [0.15, 0.2) is 0 Å². The molecule has 0 atom stereocenters. The molecule has 0 bridgehead atoms. The van der Waals surface area contributed by atoms with E-state index in [0.29, 0.717) is 19.6 Å². The number of rotatable bonds is 8. The summed E-state index contributed by atoms with van der Waals surface area (Å²) in [4.78, 5) is 16.2. The van der Waals surface area contributed by atoms with Crippen LogP contribution in [-0.4, -0.2) is 42.2 Å². The molecule has 1 aromatic rings. The molecule has 0 aliphatic heterocycles. The monoisotopic (exact) mass is 270 g/mol. The smallest absolute Gasteiger partial charge is 0.234 e. The van der Waals surface area contributed by atoms with E-state index < -0.39 is 0 Å². The minimum atomic E-state index is 0.0109. The quantitative estimate of drug-likeness (QED) is 0.747. The summed E-state index contributed by atoms with van der Waals surface area (Å²) in [6.45, 7) is 6.46. The van der Waals surface area contributed by atoms with Crippen LogP contribution in [0.15, 0.2) is 12.1 Å². The van der Waals surface area contributed by atoms with Crippen molar-refractivity contribution in [2.45, 2.75) is 26.8 Å².